The van der Waals surface area contributed by atoms with Gasteiger partial charge >= 0.3 is 0 Å². The van der Waals surface area contributed by atoms with Crippen molar-refractivity contribution in [2.45, 2.75) is 13.0 Å². The largest absolute Gasteiger partial charge is 0.508 e. The minimum absolute atomic E-state index is 0.0576. The van der Waals surface area contributed by atoms with Gasteiger partial charge < -0.3 is 10.4 Å². The number of para-hydroxylation sites is 1. The summed E-state index contributed by atoms with van der Waals surface area (Å²) >= 11 is 2.23. The van der Waals surface area contributed by atoms with Gasteiger partial charge in [-0.15, -0.1) is 0 Å². The van der Waals surface area contributed by atoms with Gasteiger partial charge in [0.2, 0.25) is 0 Å². The van der Waals surface area contributed by atoms with Crippen LogP contribution in [0, 0.1) is 9.39 Å². The molecule has 0 heterocycles. The van der Waals surface area contributed by atoms with Crippen LogP contribution in [0.3, 0.4) is 0 Å². The fourth-order valence-electron chi connectivity index (χ4n) is 1.76. The first-order valence-electron chi connectivity index (χ1n) is 5.57. The summed E-state index contributed by atoms with van der Waals surface area (Å²) < 4.78 is 14.8. The van der Waals surface area contributed by atoms with Gasteiger partial charge in [-0.3, -0.25) is 0 Å². The molecule has 1 atom stereocenters. The first kappa shape index (κ1) is 13.1. The minimum atomic E-state index is -0.402. The van der Waals surface area contributed by atoms with Crippen molar-refractivity contribution in [3.8, 4) is 5.75 Å². The molecule has 0 aliphatic heterocycles. The van der Waals surface area contributed by atoms with E-state index in [1.54, 1.807) is 6.07 Å². The Labute approximate surface area is 119 Å². The highest BCUT2D eigenvalue weighted by atomic mass is 127. The van der Waals surface area contributed by atoms with E-state index in [1.807, 2.05) is 31.2 Å². The molecule has 18 heavy (non-hydrogen) atoms. The number of phenolic OH excluding ortho intramolecular Hbond substituents is 1. The van der Waals surface area contributed by atoms with Crippen LogP contribution in [0.5, 0.6) is 5.75 Å². The van der Waals surface area contributed by atoms with Crippen molar-refractivity contribution in [3.05, 3.63) is 57.4 Å². The van der Waals surface area contributed by atoms with E-state index in [0.717, 1.165) is 15.3 Å². The normalized spacial score (nSPS) is 12.2. The number of nitrogens with one attached hydrogen (secondary N) is 1. The van der Waals surface area contributed by atoms with Gasteiger partial charge in [-0.25, -0.2) is 4.39 Å². The molecule has 0 aliphatic rings. The van der Waals surface area contributed by atoms with Crippen molar-refractivity contribution >= 4 is 28.3 Å². The monoisotopic (exact) mass is 357 g/mol. The van der Waals surface area contributed by atoms with E-state index in [0.29, 0.717) is 5.56 Å². The molecule has 0 aliphatic carbocycles. The van der Waals surface area contributed by atoms with Crippen molar-refractivity contribution in [3.63, 3.8) is 0 Å². The Balaban J connectivity index is 2.22. The van der Waals surface area contributed by atoms with Crippen molar-refractivity contribution in [1.29, 1.82) is 0 Å². The molecular weight excluding hydrogens is 344 g/mol. The van der Waals surface area contributed by atoms with Crippen LogP contribution >= 0.6 is 22.6 Å². The van der Waals surface area contributed by atoms with Crippen molar-refractivity contribution in [2.24, 2.45) is 0 Å². The molecule has 2 N–H and O–H groups in total. The first-order chi connectivity index (χ1) is 8.58. The SMILES string of the molecule is CC(Nc1ccccc1I)c1ccc(O)cc1F. The molecule has 0 radical (unpaired) electrons. The highest BCUT2D eigenvalue weighted by Gasteiger charge is 2.12. The van der Waals surface area contributed by atoms with E-state index in [1.165, 1.54) is 6.07 Å². The molecule has 0 saturated carbocycles. The number of benzene rings is 2. The molecule has 0 amide bonds. The maximum atomic E-state index is 13.7. The number of phenols is 1. The molecule has 2 rings (SSSR count). The second kappa shape index (κ2) is 5.56. The van der Waals surface area contributed by atoms with Crippen LogP contribution in [0.1, 0.15) is 18.5 Å². The lowest BCUT2D eigenvalue weighted by atomic mass is 10.1. The number of halogens is 2. The summed E-state index contributed by atoms with van der Waals surface area (Å²) in [5, 5.41) is 12.4. The van der Waals surface area contributed by atoms with Crippen molar-refractivity contribution in [1.82, 2.24) is 0 Å². The molecule has 2 nitrogen and oxygen atoms in total. The van der Waals surface area contributed by atoms with Crippen LogP contribution in [0.15, 0.2) is 42.5 Å². The van der Waals surface area contributed by atoms with Gasteiger partial charge in [0.25, 0.3) is 0 Å². The number of hydrogen-bond acceptors (Lipinski definition) is 2. The van der Waals surface area contributed by atoms with E-state index in [-0.39, 0.29) is 11.8 Å². The first-order valence-corrected chi connectivity index (χ1v) is 6.65. The zero-order valence-corrected chi connectivity index (χ0v) is 12.0. The summed E-state index contributed by atoms with van der Waals surface area (Å²) in [6.45, 7) is 1.89. The van der Waals surface area contributed by atoms with Crippen molar-refractivity contribution < 1.29 is 9.50 Å². The van der Waals surface area contributed by atoms with E-state index in [4.69, 9.17) is 0 Å². The molecule has 0 aromatic heterocycles. The third-order valence-electron chi connectivity index (χ3n) is 2.70. The molecule has 0 spiro atoms. The van der Waals surface area contributed by atoms with Gasteiger partial charge in [0, 0.05) is 20.9 Å². The molecular formula is C14H13FINO. The summed E-state index contributed by atoms with van der Waals surface area (Å²) in [5.74, 6) is -0.460. The predicted octanol–water partition coefficient (Wildman–Crippen LogP) is 4.31. The fraction of sp³-hybridized carbons (Fsp3) is 0.143. The Hall–Kier alpha value is -1.30. The summed E-state index contributed by atoms with van der Waals surface area (Å²) in [6, 6.07) is 11.9. The number of hydrogen-bond donors (Lipinski definition) is 2. The third-order valence-corrected chi connectivity index (χ3v) is 3.64. The van der Waals surface area contributed by atoms with Gasteiger partial charge in [0.1, 0.15) is 11.6 Å². The molecule has 2 aromatic carbocycles. The third kappa shape index (κ3) is 2.93. The summed E-state index contributed by atoms with van der Waals surface area (Å²) in [6.07, 6.45) is 0. The summed E-state index contributed by atoms with van der Waals surface area (Å²) in [4.78, 5) is 0. The maximum Gasteiger partial charge on any atom is 0.132 e. The average Bonchev–Trinajstić information content (AvgIpc) is 2.32. The van der Waals surface area contributed by atoms with Gasteiger partial charge in [0.15, 0.2) is 0 Å². The number of rotatable bonds is 3. The standard InChI is InChI=1S/C14H13FINO/c1-9(11-7-6-10(18)8-12(11)15)17-14-5-3-2-4-13(14)16/h2-9,17-18H,1H3. The lowest BCUT2D eigenvalue weighted by molar-refractivity contribution is 0.467. The Kier molecular flexibility index (Phi) is 4.06. The topological polar surface area (TPSA) is 32.3 Å². The van der Waals surface area contributed by atoms with Crippen LogP contribution in [0.25, 0.3) is 0 Å². The smallest absolute Gasteiger partial charge is 0.132 e. The lowest BCUT2D eigenvalue weighted by Crippen LogP contribution is -2.09. The fourth-order valence-corrected chi connectivity index (χ4v) is 2.30. The van der Waals surface area contributed by atoms with Gasteiger partial charge in [0.05, 0.1) is 6.04 Å². The van der Waals surface area contributed by atoms with Crippen LogP contribution in [-0.4, -0.2) is 5.11 Å². The Morgan fingerprint density at radius 3 is 2.61 bits per heavy atom. The van der Waals surface area contributed by atoms with E-state index < -0.39 is 5.82 Å². The predicted molar refractivity (Wildman–Crippen MR) is 79.3 cm³/mol. The minimum Gasteiger partial charge on any atom is -0.508 e. The van der Waals surface area contributed by atoms with E-state index in [2.05, 4.69) is 27.9 Å². The molecule has 2 aromatic rings. The summed E-state index contributed by atoms with van der Waals surface area (Å²) in [5.41, 5.74) is 1.51. The zero-order valence-electron chi connectivity index (χ0n) is 9.82. The lowest BCUT2D eigenvalue weighted by Gasteiger charge is -2.17. The Bertz CT molecular complexity index is 559. The van der Waals surface area contributed by atoms with Gasteiger partial charge in [-0.2, -0.15) is 0 Å². The van der Waals surface area contributed by atoms with Crippen LogP contribution in [0.4, 0.5) is 10.1 Å². The highest BCUT2D eigenvalue weighted by Crippen LogP contribution is 2.26. The molecule has 4 heteroatoms. The Morgan fingerprint density at radius 1 is 1.22 bits per heavy atom. The molecule has 1 unspecified atom stereocenters. The van der Waals surface area contributed by atoms with Crippen LogP contribution < -0.4 is 5.32 Å². The van der Waals surface area contributed by atoms with Gasteiger partial charge in [-0.1, -0.05) is 18.2 Å². The number of anilines is 1. The highest BCUT2D eigenvalue weighted by molar-refractivity contribution is 14.1. The van der Waals surface area contributed by atoms with Crippen LogP contribution in [-0.2, 0) is 0 Å². The van der Waals surface area contributed by atoms with Gasteiger partial charge in [-0.05, 0) is 47.7 Å². The maximum absolute atomic E-state index is 13.7. The zero-order chi connectivity index (χ0) is 13.1. The number of aromatic hydroxyl groups is 1. The molecule has 94 valence electrons. The van der Waals surface area contributed by atoms with Crippen molar-refractivity contribution in [2.75, 3.05) is 5.32 Å². The van der Waals surface area contributed by atoms with E-state index >= 15 is 0 Å². The molecule has 0 bridgehead atoms. The van der Waals surface area contributed by atoms with Crippen LogP contribution in [0.2, 0.25) is 0 Å². The second-order valence-electron chi connectivity index (χ2n) is 4.05. The Morgan fingerprint density at radius 2 is 1.94 bits per heavy atom. The molecule has 0 saturated heterocycles. The summed E-state index contributed by atoms with van der Waals surface area (Å²) in [7, 11) is 0. The van der Waals surface area contributed by atoms with E-state index in [9.17, 15) is 9.50 Å². The average molecular weight is 357 g/mol. The quantitative estimate of drug-likeness (QED) is 0.803. The molecule has 0 fully saturated rings. The second-order valence-corrected chi connectivity index (χ2v) is 5.21.